The van der Waals surface area contributed by atoms with E-state index in [1.54, 1.807) is 11.3 Å². The Morgan fingerprint density at radius 1 is 1.37 bits per heavy atom. The average molecular weight is 339 g/mol. The van der Waals surface area contributed by atoms with Crippen LogP contribution in [0.2, 0.25) is 0 Å². The molecule has 0 unspecified atom stereocenters. The quantitative estimate of drug-likeness (QED) is 0.903. The van der Waals surface area contributed by atoms with Gasteiger partial charge in [-0.2, -0.15) is 0 Å². The number of thiophene rings is 1. The van der Waals surface area contributed by atoms with Crippen LogP contribution in [-0.4, -0.2) is 24.4 Å². The fourth-order valence-electron chi connectivity index (χ4n) is 1.74. The number of benzene rings is 1. The highest BCUT2D eigenvalue weighted by molar-refractivity contribution is 9.10. The normalized spacial score (nSPS) is 10.7. The molecular formula is C14H15BrN2OS. The van der Waals surface area contributed by atoms with Gasteiger partial charge in [-0.05, 0) is 36.7 Å². The summed E-state index contributed by atoms with van der Waals surface area (Å²) >= 11 is 5.09. The van der Waals surface area contributed by atoms with Gasteiger partial charge in [-0.1, -0.05) is 28.1 Å². The summed E-state index contributed by atoms with van der Waals surface area (Å²) in [4.78, 5) is 15.2. The number of hydrogen-bond acceptors (Lipinski definition) is 3. The fourth-order valence-corrected chi connectivity index (χ4v) is 2.92. The van der Waals surface area contributed by atoms with Gasteiger partial charge in [0.2, 0.25) is 5.91 Å². The smallest absolute Gasteiger partial charge is 0.238 e. The molecule has 1 aromatic heterocycles. The van der Waals surface area contributed by atoms with Gasteiger partial charge in [-0.3, -0.25) is 9.69 Å². The summed E-state index contributed by atoms with van der Waals surface area (Å²) in [6, 6.07) is 11.7. The Kier molecular flexibility index (Phi) is 5.13. The molecule has 0 aliphatic carbocycles. The molecule has 1 amide bonds. The molecule has 5 heteroatoms. The van der Waals surface area contributed by atoms with Crippen LogP contribution in [0.4, 0.5) is 5.69 Å². The van der Waals surface area contributed by atoms with Crippen LogP contribution >= 0.6 is 27.3 Å². The third kappa shape index (κ3) is 4.78. The van der Waals surface area contributed by atoms with Crippen molar-refractivity contribution in [3.8, 4) is 0 Å². The molecule has 1 N–H and O–H groups in total. The molecule has 3 nitrogen and oxygen atoms in total. The van der Waals surface area contributed by atoms with E-state index in [4.69, 9.17) is 0 Å². The Morgan fingerprint density at radius 2 is 2.21 bits per heavy atom. The summed E-state index contributed by atoms with van der Waals surface area (Å²) in [6.07, 6.45) is 0. The topological polar surface area (TPSA) is 32.3 Å². The summed E-state index contributed by atoms with van der Waals surface area (Å²) in [7, 11) is 1.94. The number of halogens is 1. The monoisotopic (exact) mass is 338 g/mol. The molecule has 0 spiro atoms. The summed E-state index contributed by atoms with van der Waals surface area (Å²) < 4.78 is 0.956. The first kappa shape index (κ1) is 14.2. The maximum atomic E-state index is 11.9. The van der Waals surface area contributed by atoms with Crippen molar-refractivity contribution in [2.45, 2.75) is 6.54 Å². The zero-order valence-electron chi connectivity index (χ0n) is 10.6. The highest BCUT2D eigenvalue weighted by Crippen LogP contribution is 2.15. The van der Waals surface area contributed by atoms with E-state index in [0.29, 0.717) is 6.54 Å². The van der Waals surface area contributed by atoms with Crippen LogP contribution in [0.1, 0.15) is 4.88 Å². The Balaban J connectivity index is 1.84. The lowest BCUT2D eigenvalue weighted by atomic mass is 10.3. The average Bonchev–Trinajstić information content (AvgIpc) is 2.81. The second-order valence-corrected chi connectivity index (χ2v) is 6.26. The highest BCUT2D eigenvalue weighted by atomic mass is 79.9. The molecule has 0 saturated heterocycles. The predicted octanol–water partition coefficient (Wildman–Crippen LogP) is 3.58. The van der Waals surface area contributed by atoms with Crippen LogP contribution in [0.3, 0.4) is 0 Å². The summed E-state index contributed by atoms with van der Waals surface area (Å²) in [5.41, 5.74) is 0.809. The van der Waals surface area contributed by atoms with Crippen molar-refractivity contribution in [3.05, 3.63) is 51.1 Å². The van der Waals surface area contributed by atoms with Crippen LogP contribution < -0.4 is 5.32 Å². The molecule has 0 fully saturated rings. The van der Waals surface area contributed by atoms with E-state index in [1.807, 2.05) is 47.7 Å². The van der Waals surface area contributed by atoms with Crippen molar-refractivity contribution in [3.63, 3.8) is 0 Å². The first-order valence-electron chi connectivity index (χ1n) is 5.90. The molecule has 2 rings (SSSR count). The predicted molar refractivity (Wildman–Crippen MR) is 83.4 cm³/mol. The van der Waals surface area contributed by atoms with Crippen molar-refractivity contribution in [2.75, 3.05) is 18.9 Å². The lowest BCUT2D eigenvalue weighted by Crippen LogP contribution is -2.29. The van der Waals surface area contributed by atoms with E-state index in [1.165, 1.54) is 4.88 Å². The van der Waals surface area contributed by atoms with Crippen molar-refractivity contribution in [2.24, 2.45) is 0 Å². The molecule has 0 saturated carbocycles. The number of nitrogens with one attached hydrogen (secondary N) is 1. The highest BCUT2D eigenvalue weighted by Gasteiger charge is 2.08. The van der Waals surface area contributed by atoms with Crippen LogP contribution in [-0.2, 0) is 11.3 Å². The van der Waals surface area contributed by atoms with E-state index in [0.717, 1.165) is 16.7 Å². The number of amides is 1. The molecule has 1 heterocycles. The number of hydrogen-bond donors (Lipinski definition) is 1. The Labute approximate surface area is 125 Å². The van der Waals surface area contributed by atoms with Gasteiger partial charge in [0.15, 0.2) is 0 Å². The molecule has 0 radical (unpaired) electrons. The maximum absolute atomic E-state index is 11.9. The largest absolute Gasteiger partial charge is 0.325 e. The van der Waals surface area contributed by atoms with Crippen LogP contribution in [0.25, 0.3) is 0 Å². The van der Waals surface area contributed by atoms with Crippen LogP contribution in [0.5, 0.6) is 0 Å². The molecule has 1 aromatic carbocycles. The first-order valence-corrected chi connectivity index (χ1v) is 7.57. The minimum absolute atomic E-state index is 0.00263. The molecule has 19 heavy (non-hydrogen) atoms. The van der Waals surface area contributed by atoms with E-state index in [2.05, 4.69) is 27.3 Å². The van der Waals surface area contributed by atoms with E-state index in [-0.39, 0.29) is 5.91 Å². The maximum Gasteiger partial charge on any atom is 0.238 e. The van der Waals surface area contributed by atoms with Crippen molar-refractivity contribution < 1.29 is 4.79 Å². The number of rotatable bonds is 5. The second-order valence-electron chi connectivity index (χ2n) is 4.31. The van der Waals surface area contributed by atoms with Crippen LogP contribution in [0, 0.1) is 0 Å². The van der Waals surface area contributed by atoms with Crippen molar-refractivity contribution >= 4 is 38.9 Å². The number of carbonyl (C=O) groups excluding carboxylic acids is 1. The van der Waals surface area contributed by atoms with Gasteiger partial charge in [0.25, 0.3) is 0 Å². The summed E-state index contributed by atoms with van der Waals surface area (Å²) in [6.45, 7) is 1.17. The summed E-state index contributed by atoms with van der Waals surface area (Å²) in [5, 5.41) is 4.93. The zero-order valence-corrected chi connectivity index (χ0v) is 13.0. The lowest BCUT2D eigenvalue weighted by molar-refractivity contribution is -0.117. The molecule has 2 aromatic rings. The van der Waals surface area contributed by atoms with Crippen molar-refractivity contribution in [1.82, 2.24) is 4.90 Å². The zero-order chi connectivity index (χ0) is 13.7. The van der Waals surface area contributed by atoms with E-state index < -0.39 is 0 Å². The van der Waals surface area contributed by atoms with Gasteiger partial charge >= 0.3 is 0 Å². The number of anilines is 1. The first-order chi connectivity index (χ1) is 9.13. The Morgan fingerprint density at radius 3 is 2.89 bits per heavy atom. The molecule has 0 aliphatic rings. The van der Waals surface area contributed by atoms with Gasteiger partial charge in [-0.15, -0.1) is 11.3 Å². The van der Waals surface area contributed by atoms with Crippen LogP contribution in [0.15, 0.2) is 46.3 Å². The second kappa shape index (κ2) is 6.84. The van der Waals surface area contributed by atoms with Crippen molar-refractivity contribution in [1.29, 1.82) is 0 Å². The lowest BCUT2D eigenvalue weighted by Gasteiger charge is -2.15. The minimum Gasteiger partial charge on any atom is -0.325 e. The SMILES string of the molecule is CN(CC(=O)Nc1cccc(Br)c1)Cc1cccs1. The van der Waals surface area contributed by atoms with Gasteiger partial charge in [0, 0.05) is 21.6 Å². The number of nitrogens with zero attached hydrogens (tertiary/aromatic N) is 1. The van der Waals surface area contributed by atoms with E-state index in [9.17, 15) is 4.79 Å². The number of likely N-dealkylation sites (N-methyl/N-ethyl adjacent to an activating group) is 1. The minimum atomic E-state index is -0.00263. The molecule has 0 atom stereocenters. The molecule has 0 bridgehead atoms. The Bertz CT molecular complexity index is 542. The Hall–Kier alpha value is -1.17. The fraction of sp³-hybridized carbons (Fsp3) is 0.214. The van der Waals surface area contributed by atoms with Gasteiger partial charge < -0.3 is 5.32 Å². The molecular weight excluding hydrogens is 324 g/mol. The molecule has 100 valence electrons. The summed E-state index contributed by atoms with van der Waals surface area (Å²) in [5.74, 6) is -0.00263. The van der Waals surface area contributed by atoms with Gasteiger partial charge in [-0.25, -0.2) is 0 Å². The third-order valence-electron chi connectivity index (χ3n) is 2.53. The standard InChI is InChI=1S/C14H15BrN2OS/c1-17(9-13-6-3-7-19-13)10-14(18)16-12-5-2-4-11(15)8-12/h2-8H,9-10H2,1H3,(H,16,18). The third-order valence-corrected chi connectivity index (χ3v) is 3.88. The number of carbonyl (C=O) groups is 1. The molecule has 0 aliphatic heterocycles. The van der Waals surface area contributed by atoms with Gasteiger partial charge in [0.05, 0.1) is 6.54 Å². The van der Waals surface area contributed by atoms with Gasteiger partial charge in [0.1, 0.15) is 0 Å². The van der Waals surface area contributed by atoms with E-state index >= 15 is 0 Å².